The van der Waals surface area contributed by atoms with E-state index in [1.807, 2.05) is 29.0 Å². The number of aryl methyl sites for hydroxylation is 2. The van der Waals surface area contributed by atoms with Gasteiger partial charge in [-0.3, -0.25) is 4.79 Å². The lowest BCUT2D eigenvalue weighted by Crippen LogP contribution is -2.29. The van der Waals surface area contributed by atoms with Crippen LogP contribution < -0.4 is 5.32 Å². The molecule has 1 atom stereocenters. The summed E-state index contributed by atoms with van der Waals surface area (Å²) in [6.45, 7) is 3.52. The molecule has 1 amide bonds. The molecule has 3 heterocycles. The van der Waals surface area contributed by atoms with Crippen molar-refractivity contribution in [2.75, 3.05) is 0 Å². The summed E-state index contributed by atoms with van der Waals surface area (Å²) in [6, 6.07) is 5.91. The third-order valence-corrected chi connectivity index (χ3v) is 4.88. The quantitative estimate of drug-likeness (QED) is 0.793. The molecular formula is C15H14N2O2S2. The van der Waals surface area contributed by atoms with Crippen molar-refractivity contribution in [3.63, 3.8) is 0 Å². The maximum Gasteiger partial charge on any atom is 0.257 e. The number of carbonyl (C=O) groups excluding carboxylic acids is 1. The number of nitrogens with zero attached hydrogens (tertiary/aromatic N) is 1. The van der Waals surface area contributed by atoms with Crippen molar-refractivity contribution in [1.82, 2.24) is 10.5 Å². The molecule has 0 aromatic carbocycles. The van der Waals surface area contributed by atoms with Crippen LogP contribution in [0.4, 0.5) is 0 Å². The van der Waals surface area contributed by atoms with Gasteiger partial charge >= 0.3 is 0 Å². The summed E-state index contributed by atoms with van der Waals surface area (Å²) < 4.78 is 5.07. The van der Waals surface area contributed by atoms with Crippen molar-refractivity contribution in [2.24, 2.45) is 0 Å². The van der Waals surface area contributed by atoms with Crippen molar-refractivity contribution in [3.8, 4) is 0 Å². The molecule has 4 nitrogen and oxygen atoms in total. The van der Waals surface area contributed by atoms with Gasteiger partial charge in [0, 0.05) is 4.88 Å². The third-order valence-electron chi connectivity index (χ3n) is 3.24. The minimum atomic E-state index is -0.157. The maximum absolute atomic E-state index is 12.5. The lowest BCUT2D eigenvalue weighted by molar-refractivity contribution is 0.0941. The normalized spacial score (nSPS) is 12.3. The predicted molar refractivity (Wildman–Crippen MR) is 83.9 cm³/mol. The van der Waals surface area contributed by atoms with Gasteiger partial charge in [-0.15, -0.1) is 11.3 Å². The Morgan fingerprint density at radius 3 is 2.76 bits per heavy atom. The van der Waals surface area contributed by atoms with E-state index < -0.39 is 0 Å². The third kappa shape index (κ3) is 2.77. The Bertz CT molecular complexity index is 676. The van der Waals surface area contributed by atoms with E-state index in [-0.39, 0.29) is 11.9 Å². The van der Waals surface area contributed by atoms with Gasteiger partial charge in [0.1, 0.15) is 11.3 Å². The number of carbonyl (C=O) groups is 1. The number of hydrogen-bond donors (Lipinski definition) is 1. The van der Waals surface area contributed by atoms with Crippen LogP contribution in [0.5, 0.6) is 0 Å². The van der Waals surface area contributed by atoms with Crippen molar-refractivity contribution in [3.05, 3.63) is 61.8 Å². The molecule has 0 fully saturated rings. The van der Waals surface area contributed by atoms with Crippen LogP contribution in [-0.2, 0) is 0 Å². The Morgan fingerprint density at radius 2 is 2.19 bits per heavy atom. The van der Waals surface area contributed by atoms with E-state index in [1.54, 1.807) is 36.5 Å². The molecule has 3 rings (SSSR count). The molecule has 0 aliphatic carbocycles. The lowest BCUT2D eigenvalue weighted by Gasteiger charge is -2.16. The van der Waals surface area contributed by atoms with Crippen LogP contribution in [0.25, 0.3) is 0 Å². The Labute approximate surface area is 130 Å². The van der Waals surface area contributed by atoms with Crippen LogP contribution in [0.1, 0.15) is 38.3 Å². The second kappa shape index (κ2) is 5.83. The zero-order valence-corrected chi connectivity index (χ0v) is 13.3. The van der Waals surface area contributed by atoms with Crippen molar-refractivity contribution >= 4 is 28.6 Å². The number of thiophene rings is 2. The van der Waals surface area contributed by atoms with E-state index in [4.69, 9.17) is 4.52 Å². The summed E-state index contributed by atoms with van der Waals surface area (Å²) in [6.07, 6.45) is 0. The summed E-state index contributed by atoms with van der Waals surface area (Å²) in [5.74, 6) is 0.385. The number of aromatic nitrogens is 1. The Hall–Kier alpha value is -1.92. The SMILES string of the molecule is Cc1noc(C)c1C(=O)N[C@@H](c1ccsc1)c1cccs1. The van der Waals surface area contributed by atoms with E-state index in [0.717, 1.165) is 10.4 Å². The van der Waals surface area contributed by atoms with E-state index >= 15 is 0 Å². The van der Waals surface area contributed by atoms with Gasteiger partial charge in [-0.05, 0) is 47.7 Å². The fourth-order valence-corrected chi connectivity index (χ4v) is 3.71. The van der Waals surface area contributed by atoms with Gasteiger partial charge < -0.3 is 9.84 Å². The minimum Gasteiger partial charge on any atom is -0.361 e. The van der Waals surface area contributed by atoms with Crippen LogP contribution in [-0.4, -0.2) is 11.1 Å². The van der Waals surface area contributed by atoms with E-state index in [9.17, 15) is 4.79 Å². The van der Waals surface area contributed by atoms with Crippen LogP contribution in [0.15, 0.2) is 38.9 Å². The first-order valence-electron chi connectivity index (χ1n) is 6.46. The van der Waals surface area contributed by atoms with E-state index in [2.05, 4.69) is 15.9 Å². The molecule has 0 aliphatic rings. The number of hydrogen-bond acceptors (Lipinski definition) is 5. The highest BCUT2D eigenvalue weighted by molar-refractivity contribution is 7.10. The average Bonchev–Trinajstić information content (AvgIpc) is 3.18. The minimum absolute atomic E-state index is 0.141. The summed E-state index contributed by atoms with van der Waals surface area (Å²) in [4.78, 5) is 13.7. The fraction of sp³-hybridized carbons (Fsp3) is 0.200. The van der Waals surface area contributed by atoms with Crippen molar-refractivity contribution in [2.45, 2.75) is 19.9 Å². The first-order chi connectivity index (χ1) is 10.2. The molecule has 1 N–H and O–H groups in total. The predicted octanol–water partition coefficient (Wildman–Crippen LogP) is 3.93. The summed E-state index contributed by atoms with van der Waals surface area (Å²) >= 11 is 3.25. The first kappa shape index (κ1) is 14.0. The first-order valence-corrected chi connectivity index (χ1v) is 8.28. The molecule has 0 saturated heterocycles. The van der Waals surface area contributed by atoms with Gasteiger partial charge in [0.15, 0.2) is 0 Å². The molecule has 0 saturated carbocycles. The van der Waals surface area contributed by atoms with Crippen molar-refractivity contribution < 1.29 is 9.32 Å². The highest BCUT2D eigenvalue weighted by atomic mass is 32.1. The van der Waals surface area contributed by atoms with Gasteiger partial charge in [-0.1, -0.05) is 11.2 Å². The molecule has 0 aliphatic heterocycles. The average molecular weight is 318 g/mol. The molecular weight excluding hydrogens is 304 g/mol. The van der Waals surface area contributed by atoms with Crippen molar-refractivity contribution in [1.29, 1.82) is 0 Å². The second-order valence-corrected chi connectivity index (χ2v) is 6.44. The topological polar surface area (TPSA) is 55.1 Å². The van der Waals surface area contributed by atoms with Crippen LogP contribution in [0.3, 0.4) is 0 Å². The fourth-order valence-electron chi connectivity index (χ4n) is 2.22. The second-order valence-electron chi connectivity index (χ2n) is 4.68. The van der Waals surface area contributed by atoms with Gasteiger partial charge in [0.05, 0.1) is 11.7 Å². The highest BCUT2D eigenvalue weighted by Gasteiger charge is 2.23. The number of rotatable bonds is 4. The largest absolute Gasteiger partial charge is 0.361 e. The summed E-state index contributed by atoms with van der Waals surface area (Å²) in [7, 11) is 0. The van der Waals surface area contributed by atoms with Gasteiger partial charge in [0.2, 0.25) is 0 Å². The Morgan fingerprint density at radius 1 is 1.33 bits per heavy atom. The molecule has 3 aromatic heterocycles. The zero-order chi connectivity index (χ0) is 14.8. The molecule has 3 aromatic rings. The highest BCUT2D eigenvalue weighted by Crippen LogP contribution is 2.28. The van der Waals surface area contributed by atoms with E-state index in [0.29, 0.717) is 17.0 Å². The lowest BCUT2D eigenvalue weighted by atomic mass is 10.1. The molecule has 6 heteroatoms. The van der Waals surface area contributed by atoms with E-state index in [1.165, 1.54) is 0 Å². The Kier molecular flexibility index (Phi) is 3.90. The molecule has 0 unspecified atom stereocenters. The van der Waals surface area contributed by atoms with Gasteiger partial charge in [-0.2, -0.15) is 11.3 Å². The summed E-state index contributed by atoms with van der Waals surface area (Å²) in [5.41, 5.74) is 2.22. The van der Waals surface area contributed by atoms with Crippen LogP contribution in [0, 0.1) is 13.8 Å². The maximum atomic E-state index is 12.5. The number of amides is 1. The molecule has 0 bridgehead atoms. The molecule has 21 heavy (non-hydrogen) atoms. The zero-order valence-electron chi connectivity index (χ0n) is 11.6. The standard InChI is InChI=1S/C15H14N2O2S2/c1-9-13(10(2)19-17-9)15(18)16-14(11-5-7-20-8-11)12-4-3-6-21-12/h3-8,14H,1-2H3,(H,16,18)/t14-/m0/s1. The van der Waals surface area contributed by atoms with Gasteiger partial charge in [-0.25, -0.2) is 0 Å². The molecule has 0 radical (unpaired) electrons. The van der Waals surface area contributed by atoms with Crippen LogP contribution >= 0.6 is 22.7 Å². The van der Waals surface area contributed by atoms with Gasteiger partial charge in [0.25, 0.3) is 5.91 Å². The van der Waals surface area contributed by atoms with Crippen LogP contribution in [0.2, 0.25) is 0 Å². The smallest absolute Gasteiger partial charge is 0.257 e. The monoisotopic (exact) mass is 318 g/mol. The molecule has 108 valence electrons. The number of nitrogens with one attached hydrogen (secondary N) is 1. The Balaban J connectivity index is 1.91. The molecule has 0 spiro atoms. The summed E-state index contributed by atoms with van der Waals surface area (Å²) in [5, 5.41) is 13.0.